The molecule has 4 aromatic rings. The lowest BCUT2D eigenvalue weighted by atomic mass is 10.0. The van der Waals surface area contributed by atoms with E-state index in [1.165, 1.54) is 0 Å². The van der Waals surface area contributed by atoms with Crippen molar-refractivity contribution in [1.29, 1.82) is 0 Å². The molecule has 1 saturated heterocycles. The van der Waals surface area contributed by atoms with Gasteiger partial charge in [0.1, 0.15) is 0 Å². The number of hydrogen-bond donors (Lipinski definition) is 4. The first-order valence-corrected chi connectivity index (χ1v) is 12.9. The first-order valence-electron chi connectivity index (χ1n) is 12.0. The van der Waals surface area contributed by atoms with Gasteiger partial charge in [0, 0.05) is 52.8 Å². The molecule has 1 fully saturated rings. The number of anilines is 2. The molecule has 5 rings (SSSR count). The molecule has 0 spiro atoms. The first kappa shape index (κ1) is 24.0. The third-order valence-electron chi connectivity index (χ3n) is 6.48. The Labute approximate surface area is 214 Å². The Kier molecular flexibility index (Phi) is 6.51. The summed E-state index contributed by atoms with van der Waals surface area (Å²) in [6, 6.07) is 17.3. The van der Waals surface area contributed by atoms with E-state index in [1.807, 2.05) is 55.6 Å². The number of amides is 2. The number of benzene rings is 2. The van der Waals surface area contributed by atoms with Crippen LogP contribution in [0.2, 0.25) is 0 Å². The zero-order valence-electron chi connectivity index (χ0n) is 20.6. The van der Waals surface area contributed by atoms with Gasteiger partial charge in [0.15, 0.2) is 5.82 Å². The molecule has 1 aliphatic heterocycles. The average molecular weight is 503 g/mol. The Bertz CT molecular complexity index is 1380. The second-order valence-corrected chi connectivity index (χ2v) is 10.6. The van der Waals surface area contributed by atoms with Gasteiger partial charge in [-0.15, -0.1) is 11.3 Å². The lowest BCUT2D eigenvalue weighted by Gasteiger charge is -2.33. The van der Waals surface area contributed by atoms with Gasteiger partial charge in [-0.3, -0.25) is 14.7 Å². The van der Waals surface area contributed by atoms with Gasteiger partial charge in [-0.25, -0.2) is 0 Å². The average Bonchev–Trinajstić information content (AvgIpc) is 3.55. The number of carbonyl (C=O) groups excluding carboxylic acids is 2. The summed E-state index contributed by atoms with van der Waals surface area (Å²) in [6.07, 6.45) is 0. The summed E-state index contributed by atoms with van der Waals surface area (Å²) in [4.78, 5) is 29.4. The number of carbonyl (C=O) groups is 2. The third kappa shape index (κ3) is 4.98. The lowest BCUT2D eigenvalue weighted by Crippen LogP contribution is -2.49. The van der Waals surface area contributed by atoms with E-state index >= 15 is 0 Å². The van der Waals surface area contributed by atoms with Gasteiger partial charge in [0.05, 0.1) is 11.1 Å². The van der Waals surface area contributed by atoms with Crippen LogP contribution in [0.25, 0.3) is 10.9 Å². The predicted molar refractivity (Wildman–Crippen MR) is 145 cm³/mol. The van der Waals surface area contributed by atoms with E-state index in [0.29, 0.717) is 28.4 Å². The van der Waals surface area contributed by atoms with Crippen LogP contribution in [-0.2, 0) is 5.54 Å². The lowest BCUT2D eigenvalue weighted by molar-refractivity contribution is 0.0913. The summed E-state index contributed by atoms with van der Waals surface area (Å²) in [5, 5.41) is 19.3. The number of aromatic amines is 1. The Hall–Kier alpha value is -3.69. The van der Waals surface area contributed by atoms with Gasteiger partial charge in [0.25, 0.3) is 11.8 Å². The van der Waals surface area contributed by atoms with Crippen LogP contribution in [0.4, 0.5) is 11.5 Å². The quantitative estimate of drug-likeness (QED) is 0.314. The van der Waals surface area contributed by atoms with Gasteiger partial charge in [0.2, 0.25) is 0 Å². The van der Waals surface area contributed by atoms with E-state index in [0.717, 1.165) is 35.7 Å². The second-order valence-electron chi connectivity index (χ2n) is 9.69. The molecule has 4 N–H and O–H groups in total. The highest BCUT2D eigenvalue weighted by Gasteiger charge is 2.25. The third-order valence-corrected chi connectivity index (χ3v) is 7.68. The first-order chi connectivity index (χ1) is 17.3. The zero-order chi connectivity index (χ0) is 25.3. The Morgan fingerprint density at radius 2 is 1.86 bits per heavy atom. The highest BCUT2D eigenvalue weighted by atomic mass is 32.1. The van der Waals surface area contributed by atoms with Crippen LogP contribution >= 0.6 is 11.3 Å². The minimum absolute atomic E-state index is 0.188. The molecule has 0 saturated carbocycles. The Morgan fingerprint density at radius 3 is 2.58 bits per heavy atom. The Morgan fingerprint density at radius 1 is 1.08 bits per heavy atom. The number of nitrogens with one attached hydrogen (secondary N) is 4. The molecule has 8 nitrogen and oxygen atoms in total. The van der Waals surface area contributed by atoms with Crippen LogP contribution in [0.3, 0.4) is 0 Å². The molecule has 36 heavy (non-hydrogen) atoms. The van der Waals surface area contributed by atoms with Crippen molar-refractivity contribution in [3.05, 3.63) is 76.0 Å². The number of nitrogens with zero attached hydrogens (tertiary/aromatic N) is 2. The number of aromatic nitrogens is 2. The smallest absolute Gasteiger partial charge is 0.256 e. The monoisotopic (exact) mass is 502 g/mol. The van der Waals surface area contributed by atoms with E-state index in [4.69, 9.17) is 0 Å². The molecule has 2 amide bonds. The number of hydrogen-bond acceptors (Lipinski definition) is 6. The minimum Gasteiger partial charge on any atom is -0.369 e. The van der Waals surface area contributed by atoms with Crippen LogP contribution in [0, 0.1) is 0 Å². The summed E-state index contributed by atoms with van der Waals surface area (Å²) < 4.78 is 0. The highest BCUT2D eigenvalue weighted by molar-refractivity contribution is 7.10. The maximum Gasteiger partial charge on any atom is 0.256 e. The van der Waals surface area contributed by atoms with Gasteiger partial charge >= 0.3 is 0 Å². The topological polar surface area (TPSA) is 102 Å². The number of H-pyrrole nitrogens is 1. The van der Waals surface area contributed by atoms with E-state index in [9.17, 15) is 9.59 Å². The van der Waals surface area contributed by atoms with E-state index in [1.54, 1.807) is 29.5 Å². The molecule has 186 valence electrons. The summed E-state index contributed by atoms with van der Waals surface area (Å²) in [5.74, 6) is -0.0499. The van der Waals surface area contributed by atoms with Crippen molar-refractivity contribution in [2.75, 3.05) is 29.9 Å². The van der Waals surface area contributed by atoms with Crippen LogP contribution in [0.1, 0.15) is 46.4 Å². The molecule has 3 heterocycles. The summed E-state index contributed by atoms with van der Waals surface area (Å²) >= 11 is 1.60. The predicted octanol–water partition coefficient (Wildman–Crippen LogP) is 4.34. The molecule has 0 aliphatic carbocycles. The number of rotatable bonds is 6. The van der Waals surface area contributed by atoms with Crippen LogP contribution in [0.15, 0.2) is 60.0 Å². The van der Waals surface area contributed by atoms with Crippen molar-refractivity contribution in [1.82, 2.24) is 20.8 Å². The summed E-state index contributed by atoms with van der Waals surface area (Å²) in [6.45, 7) is 8.95. The van der Waals surface area contributed by atoms with E-state index in [2.05, 4.69) is 38.0 Å². The van der Waals surface area contributed by atoms with Crippen molar-refractivity contribution in [3.8, 4) is 0 Å². The van der Waals surface area contributed by atoms with Gasteiger partial charge in [-0.05, 0) is 74.7 Å². The van der Waals surface area contributed by atoms with Gasteiger partial charge in [-0.2, -0.15) is 5.10 Å². The van der Waals surface area contributed by atoms with Gasteiger partial charge in [-0.1, -0.05) is 6.07 Å². The van der Waals surface area contributed by atoms with Crippen molar-refractivity contribution >= 4 is 45.6 Å². The number of fused-ring (bicyclic) bond motifs is 1. The van der Waals surface area contributed by atoms with Crippen LogP contribution in [-0.4, -0.2) is 47.7 Å². The van der Waals surface area contributed by atoms with Crippen LogP contribution < -0.4 is 20.9 Å². The minimum atomic E-state index is -0.497. The zero-order valence-corrected chi connectivity index (χ0v) is 21.4. The SMILES string of the molecule is C[C@H]1CN(c2ccc(C(=O)Nc3n[nH]c4ccc(C(=O)NC(C)(C)c5cccs5)cc34)cc2)CCN1. The maximum atomic E-state index is 13.0. The molecule has 1 atom stereocenters. The highest BCUT2D eigenvalue weighted by Crippen LogP contribution is 2.27. The molecule has 2 aromatic heterocycles. The maximum absolute atomic E-state index is 13.0. The fourth-order valence-corrected chi connectivity index (χ4v) is 5.28. The number of piperazine rings is 1. The Balaban J connectivity index is 1.30. The molecule has 0 bridgehead atoms. The standard InChI is InChI=1S/C27H30N6O2S/c1-17-16-33(13-12-28-17)20-9-6-18(7-10-20)25(34)29-24-21-15-19(8-11-22(21)31-32-24)26(35)30-27(2,3)23-5-4-14-36-23/h4-11,14-15,17,28H,12-13,16H2,1-3H3,(H,30,35)(H2,29,31,32,34)/t17-/m0/s1. The number of thiophene rings is 1. The summed E-state index contributed by atoms with van der Waals surface area (Å²) in [5.41, 5.74) is 2.39. The molecule has 2 aromatic carbocycles. The molecule has 1 aliphatic rings. The molecule has 9 heteroatoms. The van der Waals surface area contributed by atoms with Gasteiger partial charge < -0.3 is 20.9 Å². The molecule has 0 radical (unpaired) electrons. The molecule has 0 unspecified atom stereocenters. The fourth-order valence-electron chi connectivity index (χ4n) is 4.47. The largest absolute Gasteiger partial charge is 0.369 e. The fraction of sp³-hybridized carbons (Fsp3) is 0.296. The van der Waals surface area contributed by atoms with Crippen molar-refractivity contribution in [2.45, 2.75) is 32.4 Å². The van der Waals surface area contributed by atoms with E-state index < -0.39 is 5.54 Å². The van der Waals surface area contributed by atoms with Crippen molar-refractivity contribution < 1.29 is 9.59 Å². The second kappa shape index (κ2) is 9.75. The summed E-state index contributed by atoms with van der Waals surface area (Å²) in [7, 11) is 0. The van der Waals surface area contributed by atoms with E-state index in [-0.39, 0.29) is 11.8 Å². The molecular formula is C27H30N6O2S. The van der Waals surface area contributed by atoms with Crippen LogP contribution in [0.5, 0.6) is 0 Å². The normalized spacial score (nSPS) is 16.2. The van der Waals surface area contributed by atoms with Crippen molar-refractivity contribution in [3.63, 3.8) is 0 Å². The van der Waals surface area contributed by atoms with Crippen molar-refractivity contribution in [2.24, 2.45) is 0 Å². The molecular weight excluding hydrogens is 472 g/mol.